The smallest absolute Gasteiger partial charge is 0.162 e. The number of rotatable bonds is 4. The largest absolute Gasteiger partial charge is 0.486 e. The quantitative estimate of drug-likeness (QED) is 0.690. The fraction of sp³-hybridized carbons (Fsp3) is 0.381. The van der Waals surface area contributed by atoms with Crippen molar-refractivity contribution < 1.29 is 14.3 Å². The molecule has 0 unspecified atom stereocenters. The van der Waals surface area contributed by atoms with E-state index in [1.807, 2.05) is 30.3 Å². The zero-order chi connectivity index (χ0) is 18.8. The van der Waals surface area contributed by atoms with Crippen molar-refractivity contribution >= 4 is 27.4 Å². The number of carbonyl (C=O) groups excluding carboxylic acids is 1. The second-order valence-corrected chi connectivity index (χ2v) is 7.81. The summed E-state index contributed by atoms with van der Waals surface area (Å²) in [5.74, 6) is 1.76. The molecule has 0 aliphatic carbocycles. The van der Waals surface area contributed by atoms with E-state index in [9.17, 15) is 4.79 Å². The van der Waals surface area contributed by atoms with Crippen LogP contribution in [0, 0.1) is 0 Å². The van der Waals surface area contributed by atoms with E-state index in [4.69, 9.17) is 9.47 Å². The fourth-order valence-corrected chi connectivity index (χ4v) is 3.99. The van der Waals surface area contributed by atoms with E-state index in [1.54, 1.807) is 6.92 Å². The lowest BCUT2D eigenvalue weighted by molar-refractivity contribution is 0.101. The summed E-state index contributed by atoms with van der Waals surface area (Å²) >= 11 is 3.67. The van der Waals surface area contributed by atoms with Crippen LogP contribution in [0.3, 0.4) is 0 Å². The van der Waals surface area contributed by atoms with Gasteiger partial charge in [-0.2, -0.15) is 0 Å². The summed E-state index contributed by atoms with van der Waals surface area (Å²) in [5.41, 5.74) is 3.17. The van der Waals surface area contributed by atoms with E-state index in [2.05, 4.69) is 31.8 Å². The molecule has 6 heteroatoms. The minimum absolute atomic E-state index is 0.108. The number of fused-ring (bicyclic) bond motifs is 1. The van der Waals surface area contributed by atoms with Gasteiger partial charge in [0.1, 0.15) is 13.2 Å². The lowest BCUT2D eigenvalue weighted by Crippen LogP contribution is -2.46. The molecule has 0 radical (unpaired) electrons. The second-order valence-electron chi connectivity index (χ2n) is 6.95. The maximum Gasteiger partial charge on any atom is 0.162 e. The van der Waals surface area contributed by atoms with Gasteiger partial charge >= 0.3 is 0 Å². The van der Waals surface area contributed by atoms with E-state index in [0.29, 0.717) is 13.2 Å². The number of anilines is 1. The van der Waals surface area contributed by atoms with E-state index < -0.39 is 0 Å². The molecule has 1 saturated heterocycles. The van der Waals surface area contributed by atoms with E-state index in [-0.39, 0.29) is 5.78 Å². The Morgan fingerprint density at radius 1 is 1.00 bits per heavy atom. The van der Waals surface area contributed by atoms with Gasteiger partial charge in [0.15, 0.2) is 17.3 Å². The molecule has 0 atom stereocenters. The minimum Gasteiger partial charge on any atom is -0.486 e. The Hall–Kier alpha value is -2.05. The maximum atomic E-state index is 11.4. The highest BCUT2D eigenvalue weighted by molar-refractivity contribution is 9.10. The first-order valence-electron chi connectivity index (χ1n) is 9.26. The van der Waals surface area contributed by atoms with Crippen LogP contribution in [0.1, 0.15) is 22.8 Å². The SMILES string of the molecule is CC(=O)c1ccc(N2CCN(Cc3cc4c(cc3Br)OCCO4)CC2)cc1. The second kappa shape index (κ2) is 7.90. The number of nitrogens with zero attached hydrogens (tertiary/aromatic N) is 2. The Labute approximate surface area is 168 Å². The predicted octanol–water partition coefficient (Wildman–Crippen LogP) is 3.75. The number of piperazine rings is 1. The number of ketones is 1. The standard InChI is InChI=1S/C21H23BrN2O3/c1-15(25)16-2-4-18(5-3-16)24-8-6-23(7-9-24)14-17-12-20-21(13-19(17)22)27-11-10-26-20/h2-5,12-13H,6-11,14H2,1H3. The van der Waals surface area contributed by atoms with Crippen LogP contribution in [-0.2, 0) is 6.54 Å². The molecule has 142 valence electrons. The molecule has 0 saturated carbocycles. The highest BCUT2D eigenvalue weighted by Crippen LogP contribution is 2.36. The van der Waals surface area contributed by atoms with Crippen molar-refractivity contribution in [2.45, 2.75) is 13.5 Å². The van der Waals surface area contributed by atoms with Gasteiger partial charge in [0.2, 0.25) is 0 Å². The molecule has 0 aromatic heterocycles. The molecule has 4 rings (SSSR count). The van der Waals surface area contributed by atoms with Crippen LogP contribution in [-0.4, -0.2) is 50.1 Å². The van der Waals surface area contributed by atoms with Crippen molar-refractivity contribution in [1.82, 2.24) is 4.90 Å². The summed E-state index contributed by atoms with van der Waals surface area (Å²) in [6.07, 6.45) is 0. The molecule has 2 aliphatic rings. The van der Waals surface area contributed by atoms with Crippen molar-refractivity contribution in [1.29, 1.82) is 0 Å². The average molecular weight is 431 g/mol. The number of Topliss-reactive ketones (excluding diaryl/α,β-unsaturated/α-hetero) is 1. The topological polar surface area (TPSA) is 42.0 Å². The first kappa shape index (κ1) is 18.3. The molecule has 2 aromatic rings. The van der Waals surface area contributed by atoms with Crippen molar-refractivity contribution in [2.24, 2.45) is 0 Å². The van der Waals surface area contributed by atoms with Crippen molar-refractivity contribution in [2.75, 3.05) is 44.3 Å². The van der Waals surface area contributed by atoms with Gasteiger partial charge in [-0.1, -0.05) is 15.9 Å². The van der Waals surface area contributed by atoms with Gasteiger partial charge < -0.3 is 14.4 Å². The maximum absolute atomic E-state index is 11.4. The molecule has 5 nitrogen and oxygen atoms in total. The Morgan fingerprint density at radius 3 is 2.26 bits per heavy atom. The van der Waals surface area contributed by atoms with Crippen LogP contribution in [0.2, 0.25) is 0 Å². The highest BCUT2D eigenvalue weighted by Gasteiger charge is 2.20. The highest BCUT2D eigenvalue weighted by atomic mass is 79.9. The summed E-state index contributed by atoms with van der Waals surface area (Å²) in [7, 11) is 0. The van der Waals surface area contributed by atoms with Gasteiger partial charge in [-0.25, -0.2) is 0 Å². The normalized spacial score (nSPS) is 17.0. The van der Waals surface area contributed by atoms with Crippen molar-refractivity contribution in [3.63, 3.8) is 0 Å². The van der Waals surface area contributed by atoms with Crippen molar-refractivity contribution in [3.8, 4) is 11.5 Å². The van der Waals surface area contributed by atoms with Crippen LogP contribution in [0.25, 0.3) is 0 Å². The zero-order valence-corrected chi connectivity index (χ0v) is 17.0. The number of carbonyl (C=O) groups is 1. The van der Waals surface area contributed by atoms with Crippen LogP contribution in [0.5, 0.6) is 11.5 Å². The number of halogens is 1. The molecular weight excluding hydrogens is 408 g/mol. The Bertz CT molecular complexity index is 830. The molecule has 27 heavy (non-hydrogen) atoms. The third-order valence-corrected chi connectivity index (χ3v) is 5.85. The third kappa shape index (κ3) is 4.12. The van der Waals surface area contributed by atoms with Gasteiger partial charge in [0.25, 0.3) is 0 Å². The Morgan fingerprint density at radius 2 is 1.63 bits per heavy atom. The number of ether oxygens (including phenoxy) is 2. The summed E-state index contributed by atoms with van der Waals surface area (Å²) in [5, 5.41) is 0. The van der Waals surface area contributed by atoms with Crippen LogP contribution < -0.4 is 14.4 Å². The monoisotopic (exact) mass is 430 g/mol. The molecular formula is C21H23BrN2O3. The Balaban J connectivity index is 1.37. The fourth-order valence-electron chi connectivity index (χ4n) is 3.54. The lowest BCUT2D eigenvalue weighted by Gasteiger charge is -2.36. The van der Waals surface area contributed by atoms with E-state index >= 15 is 0 Å². The van der Waals surface area contributed by atoms with Crippen molar-refractivity contribution in [3.05, 3.63) is 52.0 Å². The van der Waals surface area contributed by atoms with Gasteiger partial charge in [-0.3, -0.25) is 9.69 Å². The first-order chi connectivity index (χ1) is 13.1. The molecule has 1 fully saturated rings. The number of benzene rings is 2. The van der Waals surface area contributed by atoms with Gasteiger partial charge in [0.05, 0.1) is 0 Å². The lowest BCUT2D eigenvalue weighted by atomic mass is 10.1. The zero-order valence-electron chi connectivity index (χ0n) is 15.4. The predicted molar refractivity (Wildman–Crippen MR) is 109 cm³/mol. The molecule has 2 aromatic carbocycles. The minimum atomic E-state index is 0.108. The summed E-state index contributed by atoms with van der Waals surface area (Å²) in [4.78, 5) is 16.3. The number of hydrogen-bond donors (Lipinski definition) is 0. The van der Waals surface area contributed by atoms with Gasteiger partial charge in [-0.15, -0.1) is 0 Å². The summed E-state index contributed by atoms with van der Waals surface area (Å²) < 4.78 is 12.4. The van der Waals surface area contributed by atoms with Gasteiger partial charge in [0, 0.05) is 48.4 Å². The summed E-state index contributed by atoms with van der Waals surface area (Å²) in [6.45, 7) is 7.63. The number of hydrogen-bond acceptors (Lipinski definition) is 5. The third-order valence-electron chi connectivity index (χ3n) is 5.12. The molecule has 0 N–H and O–H groups in total. The first-order valence-corrected chi connectivity index (χ1v) is 10.1. The average Bonchev–Trinajstić information content (AvgIpc) is 2.69. The Kier molecular flexibility index (Phi) is 5.36. The van der Waals surface area contributed by atoms with E-state index in [1.165, 1.54) is 11.3 Å². The summed E-state index contributed by atoms with van der Waals surface area (Å²) in [6, 6.07) is 12.0. The van der Waals surface area contributed by atoms with Crippen LogP contribution in [0.4, 0.5) is 5.69 Å². The van der Waals surface area contributed by atoms with Crippen LogP contribution in [0.15, 0.2) is 40.9 Å². The molecule has 2 heterocycles. The molecule has 0 bridgehead atoms. The van der Waals surface area contributed by atoms with E-state index in [0.717, 1.165) is 54.3 Å². The van der Waals surface area contributed by atoms with Crippen LogP contribution >= 0.6 is 15.9 Å². The molecule has 2 aliphatic heterocycles. The molecule has 0 spiro atoms. The molecule has 0 amide bonds. The van der Waals surface area contributed by atoms with Gasteiger partial charge in [-0.05, 0) is 48.9 Å².